The van der Waals surface area contributed by atoms with Crippen molar-refractivity contribution in [2.24, 2.45) is 0 Å². The molecule has 2 rings (SSSR count). The molecule has 0 saturated heterocycles. The highest BCUT2D eigenvalue weighted by atomic mass is 35.5. The van der Waals surface area contributed by atoms with Crippen LogP contribution in [0.5, 0.6) is 0 Å². The van der Waals surface area contributed by atoms with Crippen molar-refractivity contribution in [3.63, 3.8) is 0 Å². The van der Waals surface area contributed by atoms with Crippen LogP contribution in [-0.2, 0) is 19.4 Å². The number of halogens is 1. The van der Waals surface area contributed by atoms with E-state index in [1.54, 1.807) is 10.6 Å². The minimum absolute atomic E-state index is 0.133. The molecule has 0 aliphatic heterocycles. The van der Waals surface area contributed by atoms with E-state index in [1.807, 2.05) is 0 Å². The molecule has 0 amide bonds. The van der Waals surface area contributed by atoms with Gasteiger partial charge in [-0.1, -0.05) is 19.8 Å². The van der Waals surface area contributed by atoms with Crippen molar-refractivity contribution >= 4 is 16.8 Å². The first-order valence-corrected chi connectivity index (χ1v) is 6.98. The van der Waals surface area contributed by atoms with Crippen LogP contribution in [0.15, 0.2) is 10.9 Å². The lowest BCUT2D eigenvalue weighted by molar-refractivity contribution is 0.107. The van der Waals surface area contributed by atoms with Crippen molar-refractivity contribution < 1.29 is 4.79 Å². The SMILES string of the molecule is CCCCCn1c2c(cc(C(=O)Cl)c1=O)CCC2. The molecule has 18 heavy (non-hydrogen) atoms. The third-order valence-electron chi connectivity index (χ3n) is 3.55. The van der Waals surface area contributed by atoms with Crippen molar-refractivity contribution in [1.29, 1.82) is 0 Å². The molecule has 0 atom stereocenters. The van der Waals surface area contributed by atoms with Gasteiger partial charge in [-0.05, 0) is 48.9 Å². The summed E-state index contributed by atoms with van der Waals surface area (Å²) in [4.78, 5) is 23.5. The van der Waals surface area contributed by atoms with Crippen LogP contribution in [0.2, 0.25) is 0 Å². The summed E-state index contributed by atoms with van der Waals surface area (Å²) in [6, 6.07) is 1.69. The Balaban J connectivity index is 2.42. The standard InChI is InChI=1S/C14H18ClNO2/c1-2-3-4-8-16-12-7-5-6-10(12)9-11(13(15)17)14(16)18/h9H,2-8H2,1H3. The minimum atomic E-state index is -0.640. The van der Waals surface area contributed by atoms with Crippen LogP contribution in [0.3, 0.4) is 0 Å². The predicted octanol–water partition coefficient (Wildman–Crippen LogP) is 2.91. The monoisotopic (exact) mass is 267 g/mol. The predicted molar refractivity (Wildman–Crippen MR) is 72.4 cm³/mol. The Morgan fingerprint density at radius 1 is 1.39 bits per heavy atom. The van der Waals surface area contributed by atoms with Gasteiger partial charge in [0.2, 0.25) is 0 Å². The van der Waals surface area contributed by atoms with Crippen LogP contribution in [0.4, 0.5) is 0 Å². The van der Waals surface area contributed by atoms with E-state index in [2.05, 4.69) is 6.92 Å². The van der Waals surface area contributed by atoms with Crippen LogP contribution in [-0.4, -0.2) is 9.81 Å². The van der Waals surface area contributed by atoms with Gasteiger partial charge in [0, 0.05) is 12.2 Å². The summed E-state index contributed by atoms with van der Waals surface area (Å²) >= 11 is 5.49. The topological polar surface area (TPSA) is 39.1 Å². The summed E-state index contributed by atoms with van der Waals surface area (Å²) < 4.78 is 1.77. The minimum Gasteiger partial charge on any atom is -0.312 e. The summed E-state index contributed by atoms with van der Waals surface area (Å²) in [5.41, 5.74) is 2.15. The summed E-state index contributed by atoms with van der Waals surface area (Å²) in [5, 5.41) is -0.640. The van der Waals surface area contributed by atoms with Gasteiger partial charge in [0.1, 0.15) is 0 Å². The van der Waals surface area contributed by atoms with Crippen molar-refractivity contribution in [2.45, 2.75) is 52.0 Å². The number of carbonyl (C=O) groups is 1. The molecule has 0 spiro atoms. The number of carbonyl (C=O) groups excluding carboxylic acids is 1. The van der Waals surface area contributed by atoms with E-state index in [4.69, 9.17) is 11.6 Å². The van der Waals surface area contributed by atoms with Gasteiger partial charge in [-0.3, -0.25) is 9.59 Å². The van der Waals surface area contributed by atoms with Crippen molar-refractivity contribution in [3.05, 3.63) is 33.2 Å². The fourth-order valence-corrected chi connectivity index (χ4v) is 2.75. The quantitative estimate of drug-likeness (QED) is 0.608. The normalized spacial score (nSPS) is 13.7. The van der Waals surface area contributed by atoms with Crippen LogP contribution < -0.4 is 5.56 Å². The van der Waals surface area contributed by atoms with Crippen molar-refractivity contribution in [2.75, 3.05) is 0 Å². The zero-order valence-corrected chi connectivity index (χ0v) is 11.4. The fourth-order valence-electron chi connectivity index (χ4n) is 2.62. The third-order valence-corrected chi connectivity index (χ3v) is 3.75. The molecule has 1 aromatic heterocycles. The Morgan fingerprint density at radius 2 is 2.17 bits per heavy atom. The largest absolute Gasteiger partial charge is 0.312 e. The lowest BCUT2D eigenvalue weighted by Gasteiger charge is -2.13. The highest BCUT2D eigenvalue weighted by Crippen LogP contribution is 2.22. The summed E-state index contributed by atoms with van der Waals surface area (Å²) in [7, 11) is 0. The molecular weight excluding hydrogens is 250 g/mol. The molecular formula is C14H18ClNO2. The lowest BCUT2D eigenvalue weighted by Crippen LogP contribution is -2.28. The van der Waals surface area contributed by atoms with Gasteiger partial charge in [-0.2, -0.15) is 0 Å². The zero-order valence-electron chi connectivity index (χ0n) is 10.7. The Hall–Kier alpha value is -1.09. The number of unbranched alkanes of at least 4 members (excludes halogenated alkanes) is 2. The van der Waals surface area contributed by atoms with E-state index in [0.29, 0.717) is 6.54 Å². The highest BCUT2D eigenvalue weighted by Gasteiger charge is 2.20. The molecule has 98 valence electrons. The van der Waals surface area contributed by atoms with Crippen molar-refractivity contribution in [1.82, 2.24) is 4.57 Å². The van der Waals surface area contributed by atoms with Gasteiger partial charge < -0.3 is 4.57 Å². The number of aryl methyl sites for hydroxylation is 1. The lowest BCUT2D eigenvalue weighted by atomic mass is 10.1. The maximum absolute atomic E-state index is 12.2. The molecule has 0 N–H and O–H groups in total. The van der Waals surface area contributed by atoms with Crippen LogP contribution in [0.25, 0.3) is 0 Å². The first-order valence-electron chi connectivity index (χ1n) is 6.60. The molecule has 1 aliphatic carbocycles. The maximum Gasteiger partial charge on any atom is 0.262 e. The molecule has 0 aromatic carbocycles. The summed E-state index contributed by atoms with van der Waals surface area (Å²) in [6.45, 7) is 2.83. The van der Waals surface area contributed by atoms with Crippen LogP contribution in [0.1, 0.15) is 54.2 Å². The maximum atomic E-state index is 12.2. The van der Waals surface area contributed by atoms with Crippen LogP contribution in [0, 0.1) is 0 Å². The van der Waals surface area contributed by atoms with Gasteiger partial charge in [0.15, 0.2) is 0 Å². The second kappa shape index (κ2) is 5.70. The van der Waals surface area contributed by atoms with Gasteiger partial charge in [-0.25, -0.2) is 0 Å². The van der Waals surface area contributed by atoms with Gasteiger partial charge in [-0.15, -0.1) is 0 Å². The number of aromatic nitrogens is 1. The Morgan fingerprint density at radius 3 is 2.83 bits per heavy atom. The van der Waals surface area contributed by atoms with Gasteiger partial charge >= 0.3 is 0 Å². The third kappa shape index (κ3) is 2.51. The molecule has 3 nitrogen and oxygen atoms in total. The molecule has 0 saturated carbocycles. The Kier molecular flexibility index (Phi) is 4.23. The molecule has 1 heterocycles. The second-order valence-corrected chi connectivity index (χ2v) is 5.16. The zero-order chi connectivity index (χ0) is 13.1. The molecule has 1 aliphatic rings. The summed E-state index contributed by atoms with van der Waals surface area (Å²) in [6.07, 6.45) is 6.13. The van der Waals surface area contributed by atoms with Gasteiger partial charge in [0.05, 0.1) is 5.56 Å². The Bertz CT molecular complexity index is 519. The number of fused-ring (bicyclic) bond motifs is 1. The first-order chi connectivity index (χ1) is 8.65. The number of pyridine rings is 1. The van der Waals surface area contributed by atoms with E-state index in [-0.39, 0.29) is 11.1 Å². The number of hydrogen-bond donors (Lipinski definition) is 0. The average Bonchev–Trinajstić information content (AvgIpc) is 2.79. The Labute approximate surface area is 112 Å². The number of hydrogen-bond acceptors (Lipinski definition) is 2. The highest BCUT2D eigenvalue weighted by molar-refractivity contribution is 6.67. The number of rotatable bonds is 5. The second-order valence-electron chi connectivity index (χ2n) is 4.82. The molecule has 0 fully saturated rings. The van der Waals surface area contributed by atoms with Crippen molar-refractivity contribution in [3.8, 4) is 0 Å². The van der Waals surface area contributed by atoms with E-state index in [9.17, 15) is 9.59 Å². The fraction of sp³-hybridized carbons (Fsp3) is 0.571. The van der Waals surface area contributed by atoms with E-state index >= 15 is 0 Å². The molecule has 0 unspecified atom stereocenters. The number of nitrogens with zero attached hydrogens (tertiary/aromatic N) is 1. The summed E-state index contributed by atoms with van der Waals surface area (Å²) in [5.74, 6) is 0. The molecule has 0 bridgehead atoms. The molecule has 0 radical (unpaired) electrons. The average molecular weight is 268 g/mol. The van der Waals surface area contributed by atoms with E-state index < -0.39 is 5.24 Å². The van der Waals surface area contributed by atoms with E-state index in [1.165, 1.54) is 0 Å². The molecule has 1 aromatic rings. The van der Waals surface area contributed by atoms with Gasteiger partial charge in [0.25, 0.3) is 10.8 Å². The molecule has 4 heteroatoms. The first kappa shape index (κ1) is 13.3. The van der Waals surface area contributed by atoms with E-state index in [0.717, 1.165) is 49.8 Å². The smallest absolute Gasteiger partial charge is 0.262 e. The van der Waals surface area contributed by atoms with Crippen LogP contribution >= 0.6 is 11.6 Å².